The zero-order valence-corrected chi connectivity index (χ0v) is 16.7. The molecule has 2 heterocycles. The average molecular weight is 401 g/mol. The Balaban J connectivity index is 1.32. The first-order chi connectivity index (χ1) is 13.5. The van der Waals surface area contributed by atoms with Gasteiger partial charge in [-0.2, -0.15) is 0 Å². The molecule has 0 bridgehead atoms. The quantitative estimate of drug-likeness (QED) is 0.800. The van der Waals surface area contributed by atoms with Gasteiger partial charge in [0.25, 0.3) is 5.91 Å². The van der Waals surface area contributed by atoms with E-state index in [0.29, 0.717) is 31.1 Å². The fourth-order valence-electron chi connectivity index (χ4n) is 3.86. The number of piperazine rings is 1. The Hall–Kier alpha value is -2.54. The summed E-state index contributed by atoms with van der Waals surface area (Å²) in [5.74, 6) is -0.338. The van der Waals surface area contributed by atoms with Gasteiger partial charge in [0.15, 0.2) is 6.10 Å². The van der Waals surface area contributed by atoms with Crippen LogP contribution < -0.4 is 4.90 Å². The molecule has 1 aliphatic heterocycles. The van der Waals surface area contributed by atoms with Crippen LogP contribution in [0.2, 0.25) is 0 Å². The number of carbonyl (C=O) groups is 2. The molecule has 6 nitrogen and oxygen atoms in total. The number of rotatable bonds is 4. The van der Waals surface area contributed by atoms with E-state index in [9.17, 15) is 14.7 Å². The molecule has 2 aromatic rings. The van der Waals surface area contributed by atoms with Gasteiger partial charge in [-0.1, -0.05) is 12.1 Å². The summed E-state index contributed by atoms with van der Waals surface area (Å²) < 4.78 is 5.45. The largest absolute Gasteiger partial charge is 0.506 e. The molecule has 1 fully saturated rings. The number of phenolic OH excluding ortho intramolecular Hbond substituents is 1. The number of aryl methyl sites for hydroxylation is 2. The predicted octanol–water partition coefficient (Wildman–Crippen LogP) is 2.84. The average Bonchev–Trinajstić information content (AvgIpc) is 3.30. The fraction of sp³-hybridized carbons (Fsp3) is 0.429. The number of fused-ring (bicyclic) bond motifs is 1. The summed E-state index contributed by atoms with van der Waals surface area (Å²) in [7, 11) is 0. The Labute approximate surface area is 168 Å². The SMILES string of the molecule is C[C@@H](OC(=O)c1cc2c(s1)CCC2)C(=O)N1CCN(c2ccccc2O)CC1. The summed E-state index contributed by atoms with van der Waals surface area (Å²) in [6, 6.07) is 9.12. The van der Waals surface area contributed by atoms with Crippen molar-refractivity contribution in [1.29, 1.82) is 0 Å². The van der Waals surface area contributed by atoms with Crippen LogP contribution in [0.1, 0.15) is 33.5 Å². The van der Waals surface area contributed by atoms with E-state index in [1.807, 2.05) is 18.2 Å². The van der Waals surface area contributed by atoms with Crippen molar-refractivity contribution in [3.05, 3.63) is 45.6 Å². The fourth-order valence-corrected chi connectivity index (χ4v) is 4.99. The van der Waals surface area contributed by atoms with Gasteiger partial charge in [-0.05, 0) is 49.9 Å². The van der Waals surface area contributed by atoms with Crippen LogP contribution in [0.5, 0.6) is 5.75 Å². The normalized spacial score (nSPS) is 17.3. The minimum absolute atomic E-state index is 0.172. The van der Waals surface area contributed by atoms with Gasteiger partial charge in [-0.25, -0.2) is 4.79 Å². The van der Waals surface area contributed by atoms with E-state index >= 15 is 0 Å². The van der Waals surface area contributed by atoms with Crippen molar-refractivity contribution < 1.29 is 19.4 Å². The minimum atomic E-state index is -0.805. The van der Waals surface area contributed by atoms with Crippen LogP contribution in [-0.2, 0) is 22.4 Å². The van der Waals surface area contributed by atoms with Gasteiger partial charge in [0.2, 0.25) is 0 Å². The Kier molecular flexibility index (Phi) is 5.26. The third kappa shape index (κ3) is 3.71. The van der Waals surface area contributed by atoms with Gasteiger partial charge < -0.3 is 19.6 Å². The first-order valence-electron chi connectivity index (χ1n) is 9.67. The lowest BCUT2D eigenvalue weighted by molar-refractivity contribution is -0.140. The first-order valence-corrected chi connectivity index (χ1v) is 10.5. The van der Waals surface area contributed by atoms with Gasteiger partial charge in [0.05, 0.1) is 5.69 Å². The first kappa shape index (κ1) is 18.8. The Morgan fingerprint density at radius 1 is 1.14 bits per heavy atom. The number of nitrogens with zero attached hydrogens (tertiary/aromatic N) is 2. The van der Waals surface area contributed by atoms with Gasteiger partial charge in [0.1, 0.15) is 10.6 Å². The number of aromatic hydroxyl groups is 1. The van der Waals surface area contributed by atoms with Crippen LogP contribution in [0.15, 0.2) is 30.3 Å². The second-order valence-corrected chi connectivity index (χ2v) is 8.40. The van der Waals surface area contributed by atoms with Gasteiger partial charge in [-0.3, -0.25) is 4.79 Å². The maximum atomic E-state index is 12.7. The highest BCUT2D eigenvalue weighted by molar-refractivity contribution is 7.14. The van der Waals surface area contributed by atoms with Gasteiger partial charge in [-0.15, -0.1) is 11.3 Å². The lowest BCUT2D eigenvalue weighted by atomic mass is 10.2. The molecule has 148 valence electrons. The lowest BCUT2D eigenvalue weighted by Crippen LogP contribution is -2.51. The summed E-state index contributed by atoms with van der Waals surface area (Å²) in [4.78, 5) is 30.7. The van der Waals surface area contributed by atoms with Crippen LogP contribution in [0.3, 0.4) is 0 Å². The molecule has 1 aromatic heterocycles. The predicted molar refractivity (Wildman–Crippen MR) is 108 cm³/mol. The molecule has 0 unspecified atom stereocenters. The second-order valence-electron chi connectivity index (χ2n) is 7.26. The minimum Gasteiger partial charge on any atom is -0.506 e. The number of ether oxygens (including phenoxy) is 1. The van der Waals surface area contributed by atoms with Crippen molar-refractivity contribution in [2.75, 3.05) is 31.1 Å². The maximum absolute atomic E-state index is 12.7. The van der Waals surface area contributed by atoms with Crippen molar-refractivity contribution in [3.63, 3.8) is 0 Å². The number of anilines is 1. The molecule has 1 aromatic carbocycles. The number of hydrogen-bond donors (Lipinski definition) is 1. The van der Waals surface area contributed by atoms with Crippen LogP contribution in [0.25, 0.3) is 0 Å². The van der Waals surface area contributed by atoms with Crippen molar-refractivity contribution in [1.82, 2.24) is 4.90 Å². The van der Waals surface area contributed by atoms with Crippen molar-refractivity contribution in [2.45, 2.75) is 32.3 Å². The third-order valence-electron chi connectivity index (χ3n) is 5.39. The van der Waals surface area contributed by atoms with Gasteiger partial charge in [0, 0.05) is 31.1 Å². The van der Waals surface area contributed by atoms with E-state index in [1.54, 1.807) is 24.0 Å². The summed E-state index contributed by atoms with van der Waals surface area (Å²) in [6.07, 6.45) is 2.40. The number of carbonyl (C=O) groups excluding carboxylic acids is 2. The Morgan fingerprint density at radius 2 is 1.89 bits per heavy atom. The molecule has 1 atom stereocenters. The van der Waals surface area contributed by atoms with Crippen molar-refractivity contribution in [3.8, 4) is 5.75 Å². The van der Waals surface area contributed by atoms with Gasteiger partial charge >= 0.3 is 5.97 Å². The lowest BCUT2D eigenvalue weighted by Gasteiger charge is -2.37. The number of para-hydroxylation sites is 2. The molecule has 4 rings (SSSR count). The van der Waals surface area contributed by atoms with E-state index in [4.69, 9.17) is 4.74 Å². The zero-order chi connectivity index (χ0) is 19.7. The van der Waals surface area contributed by atoms with E-state index in [0.717, 1.165) is 24.9 Å². The molecule has 1 amide bonds. The molecule has 1 saturated heterocycles. The molecule has 1 aliphatic carbocycles. The summed E-state index contributed by atoms with van der Waals surface area (Å²) in [5, 5.41) is 10.00. The van der Waals surface area contributed by atoms with Crippen molar-refractivity contribution >= 4 is 28.9 Å². The second kappa shape index (κ2) is 7.83. The highest BCUT2D eigenvalue weighted by Gasteiger charge is 2.29. The third-order valence-corrected chi connectivity index (χ3v) is 6.61. The molecule has 28 heavy (non-hydrogen) atoms. The molecular formula is C21H24N2O4S. The molecule has 0 radical (unpaired) electrons. The van der Waals surface area contributed by atoms with E-state index in [-0.39, 0.29) is 11.7 Å². The molecule has 2 aliphatic rings. The molecule has 1 N–H and O–H groups in total. The number of phenols is 1. The number of thiophene rings is 1. The number of esters is 1. The topological polar surface area (TPSA) is 70.1 Å². The summed E-state index contributed by atoms with van der Waals surface area (Å²) >= 11 is 1.49. The van der Waals surface area contributed by atoms with E-state index < -0.39 is 12.1 Å². The molecule has 0 spiro atoms. The summed E-state index contributed by atoms with van der Waals surface area (Å²) in [5.41, 5.74) is 2.02. The molecule has 0 saturated carbocycles. The van der Waals surface area contributed by atoms with E-state index in [1.165, 1.54) is 21.8 Å². The zero-order valence-electron chi connectivity index (χ0n) is 15.9. The maximum Gasteiger partial charge on any atom is 0.349 e. The highest BCUT2D eigenvalue weighted by Crippen LogP contribution is 2.31. The van der Waals surface area contributed by atoms with Crippen molar-refractivity contribution in [2.24, 2.45) is 0 Å². The smallest absolute Gasteiger partial charge is 0.349 e. The molecule has 7 heteroatoms. The van der Waals surface area contributed by atoms with Crippen LogP contribution >= 0.6 is 11.3 Å². The monoisotopic (exact) mass is 400 g/mol. The summed E-state index contributed by atoms with van der Waals surface area (Å²) in [6.45, 7) is 3.95. The Bertz CT molecular complexity index is 865. The number of amides is 1. The van der Waals surface area contributed by atoms with Crippen LogP contribution in [0, 0.1) is 0 Å². The standard InChI is InChI=1S/C21H24N2O4S/c1-14(27-21(26)19-13-15-5-4-8-18(15)28-19)20(25)23-11-9-22(10-12-23)16-6-2-3-7-17(16)24/h2-3,6-7,13-14,24H,4-5,8-12H2,1H3/t14-/m1/s1. The number of benzene rings is 1. The highest BCUT2D eigenvalue weighted by atomic mass is 32.1. The van der Waals surface area contributed by atoms with E-state index in [2.05, 4.69) is 4.90 Å². The van der Waals surface area contributed by atoms with Crippen LogP contribution in [-0.4, -0.2) is 54.2 Å². The number of hydrogen-bond acceptors (Lipinski definition) is 6. The van der Waals surface area contributed by atoms with Crippen LogP contribution in [0.4, 0.5) is 5.69 Å². The Morgan fingerprint density at radius 3 is 2.61 bits per heavy atom. The molecular weight excluding hydrogens is 376 g/mol.